The predicted octanol–water partition coefficient (Wildman–Crippen LogP) is 1.22. The van der Waals surface area contributed by atoms with E-state index < -0.39 is 11.4 Å². The Morgan fingerprint density at radius 3 is 2.33 bits per heavy atom. The van der Waals surface area contributed by atoms with Gasteiger partial charge in [0.1, 0.15) is 0 Å². The first kappa shape index (κ1) is 15.0. The third-order valence-corrected chi connectivity index (χ3v) is 3.83. The maximum atomic E-state index is 11.9. The molecule has 5 nitrogen and oxygen atoms in total. The highest BCUT2D eigenvalue weighted by atomic mass is 16.4. The fourth-order valence-corrected chi connectivity index (χ4v) is 2.22. The first-order valence-electron chi connectivity index (χ1n) is 6.71. The SMILES string of the molecule is CC1(C(=O)O)CCN(C(=O)CCCCCN)CC1. The zero-order valence-corrected chi connectivity index (χ0v) is 11.2. The number of nitrogens with two attached hydrogens (primary N) is 1. The van der Waals surface area contributed by atoms with Gasteiger partial charge in [-0.1, -0.05) is 6.42 Å². The van der Waals surface area contributed by atoms with E-state index in [0.29, 0.717) is 38.9 Å². The van der Waals surface area contributed by atoms with Gasteiger partial charge >= 0.3 is 5.97 Å². The molecule has 0 unspecified atom stereocenters. The van der Waals surface area contributed by atoms with Crippen molar-refractivity contribution in [2.75, 3.05) is 19.6 Å². The molecule has 1 saturated heterocycles. The predicted molar refractivity (Wildman–Crippen MR) is 69.1 cm³/mol. The van der Waals surface area contributed by atoms with E-state index in [1.165, 1.54) is 0 Å². The Morgan fingerprint density at radius 2 is 1.83 bits per heavy atom. The van der Waals surface area contributed by atoms with E-state index in [9.17, 15) is 9.59 Å². The summed E-state index contributed by atoms with van der Waals surface area (Å²) in [6.07, 6.45) is 4.49. The lowest BCUT2D eigenvalue weighted by molar-refractivity contribution is -0.153. The second kappa shape index (κ2) is 6.73. The van der Waals surface area contributed by atoms with Gasteiger partial charge in [-0.25, -0.2) is 0 Å². The Balaban J connectivity index is 2.30. The Bertz CT molecular complexity index is 297. The highest BCUT2D eigenvalue weighted by Crippen LogP contribution is 2.31. The lowest BCUT2D eigenvalue weighted by Gasteiger charge is -2.36. The highest BCUT2D eigenvalue weighted by molar-refractivity contribution is 5.78. The van der Waals surface area contributed by atoms with Gasteiger partial charge in [-0.2, -0.15) is 0 Å². The number of carboxylic acids is 1. The van der Waals surface area contributed by atoms with Crippen molar-refractivity contribution in [2.45, 2.75) is 45.4 Å². The first-order valence-corrected chi connectivity index (χ1v) is 6.71. The van der Waals surface area contributed by atoms with Gasteiger partial charge in [0, 0.05) is 19.5 Å². The number of likely N-dealkylation sites (tertiary alicyclic amines) is 1. The molecule has 0 bridgehead atoms. The van der Waals surface area contributed by atoms with Crippen molar-refractivity contribution in [1.29, 1.82) is 0 Å². The zero-order chi connectivity index (χ0) is 13.6. The number of aliphatic carboxylic acids is 1. The lowest BCUT2D eigenvalue weighted by atomic mass is 9.80. The number of rotatable bonds is 6. The summed E-state index contributed by atoms with van der Waals surface area (Å²) in [5, 5.41) is 9.11. The number of hydrogen-bond acceptors (Lipinski definition) is 3. The van der Waals surface area contributed by atoms with Crippen LogP contribution in [0.2, 0.25) is 0 Å². The topological polar surface area (TPSA) is 83.6 Å². The molecule has 1 aliphatic heterocycles. The number of carboxylic acid groups (broad SMARTS) is 1. The molecule has 1 aliphatic rings. The Morgan fingerprint density at radius 1 is 1.22 bits per heavy atom. The second-order valence-electron chi connectivity index (χ2n) is 5.35. The van der Waals surface area contributed by atoms with Crippen LogP contribution in [0.15, 0.2) is 0 Å². The average molecular weight is 256 g/mol. The van der Waals surface area contributed by atoms with Gasteiger partial charge in [0.15, 0.2) is 0 Å². The van der Waals surface area contributed by atoms with Crippen LogP contribution in [0, 0.1) is 5.41 Å². The third kappa shape index (κ3) is 3.98. The van der Waals surface area contributed by atoms with Gasteiger partial charge in [0.05, 0.1) is 5.41 Å². The van der Waals surface area contributed by atoms with Gasteiger partial charge in [0.2, 0.25) is 5.91 Å². The summed E-state index contributed by atoms with van der Waals surface area (Å²) in [7, 11) is 0. The standard InChI is InChI=1S/C13H24N2O3/c1-13(12(17)18)6-9-15(10-7-13)11(16)5-3-2-4-8-14/h2-10,14H2,1H3,(H,17,18). The van der Waals surface area contributed by atoms with Crippen molar-refractivity contribution >= 4 is 11.9 Å². The van der Waals surface area contributed by atoms with Gasteiger partial charge in [-0.05, 0) is 39.2 Å². The van der Waals surface area contributed by atoms with E-state index in [2.05, 4.69) is 0 Å². The van der Waals surface area contributed by atoms with Crippen LogP contribution in [0.3, 0.4) is 0 Å². The molecule has 0 saturated carbocycles. The number of hydrogen-bond donors (Lipinski definition) is 2. The largest absolute Gasteiger partial charge is 0.481 e. The summed E-state index contributed by atoms with van der Waals surface area (Å²) >= 11 is 0. The van der Waals surface area contributed by atoms with Crippen LogP contribution in [0.4, 0.5) is 0 Å². The summed E-state index contributed by atoms with van der Waals surface area (Å²) in [4.78, 5) is 24.8. The molecule has 0 aromatic rings. The number of piperidine rings is 1. The van der Waals surface area contributed by atoms with E-state index in [1.54, 1.807) is 11.8 Å². The monoisotopic (exact) mass is 256 g/mol. The fraction of sp³-hybridized carbons (Fsp3) is 0.846. The van der Waals surface area contributed by atoms with E-state index in [4.69, 9.17) is 10.8 Å². The molecule has 0 spiro atoms. The van der Waals surface area contributed by atoms with Crippen molar-refractivity contribution in [2.24, 2.45) is 11.1 Å². The normalized spacial score (nSPS) is 18.7. The number of nitrogens with zero attached hydrogens (tertiary/aromatic N) is 1. The molecule has 0 radical (unpaired) electrons. The van der Waals surface area contributed by atoms with Crippen LogP contribution in [-0.2, 0) is 9.59 Å². The zero-order valence-electron chi connectivity index (χ0n) is 11.2. The molecule has 18 heavy (non-hydrogen) atoms. The molecular weight excluding hydrogens is 232 g/mol. The van der Waals surface area contributed by atoms with Crippen LogP contribution in [0.1, 0.15) is 45.4 Å². The smallest absolute Gasteiger partial charge is 0.309 e. The van der Waals surface area contributed by atoms with Crippen molar-refractivity contribution in [3.05, 3.63) is 0 Å². The van der Waals surface area contributed by atoms with E-state index in [1.807, 2.05) is 0 Å². The first-order chi connectivity index (χ1) is 8.49. The molecule has 1 amide bonds. The third-order valence-electron chi connectivity index (χ3n) is 3.83. The van der Waals surface area contributed by atoms with Gasteiger partial charge in [-0.3, -0.25) is 9.59 Å². The van der Waals surface area contributed by atoms with Gasteiger partial charge in [-0.15, -0.1) is 0 Å². The second-order valence-corrected chi connectivity index (χ2v) is 5.35. The molecule has 0 aromatic carbocycles. The summed E-state index contributed by atoms with van der Waals surface area (Å²) in [6.45, 7) is 3.57. The molecule has 104 valence electrons. The van der Waals surface area contributed by atoms with Crippen molar-refractivity contribution < 1.29 is 14.7 Å². The van der Waals surface area contributed by atoms with Gasteiger partial charge < -0.3 is 15.7 Å². The summed E-state index contributed by atoms with van der Waals surface area (Å²) in [6, 6.07) is 0. The van der Waals surface area contributed by atoms with Crippen molar-refractivity contribution in [3.8, 4) is 0 Å². The van der Waals surface area contributed by atoms with E-state index in [0.717, 1.165) is 19.3 Å². The lowest BCUT2D eigenvalue weighted by Crippen LogP contribution is -2.45. The molecule has 0 aliphatic carbocycles. The molecule has 5 heteroatoms. The maximum Gasteiger partial charge on any atom is 0.309 e. The van der Waals surface area contributed by atoms with Crippen LogP contribution in [0.25, 0.3) is 0 Å². The minimum atomic E-state index is -0.752. The molecule has 1 heterocycles. The number of unbranched alkanes of at least 4 members (excludes halogenated alkanes) is 2. The molecular formula is C13H24N2O3. The highest BCUT2D eigenvalue weighted by Gasteiger charge is 2.37. The van der Waals surface area contributed by atoms with Crippen LogP contribution in [-0.4, -0.2) is 41.5 Å². The maximum absolute atomic E-state index is 11.9. The van der Waals surface area contributed by atoms with E-state index in [-0.39, 0.29) is 5.91 Å². The van der Waals surface area contributed by atoms with Crippen LogP contribution < -0.4 is 5.73 Å². The van der Waals surface area contributed by atoms with Crippen LogP contribution in [0.5, 0.6) is 0 Å². The summed E-state index contributed by atoms with van der Waals surface area (Å²) in [5.74, 6) is -0.600. The average Bonchev–Trinajstić information content (AvgIpc) is 2.35. The van der Waals surface area contributed by atoms with Gasteiger partial charge in [0.25, 0.3) is 0 Å². The minimum Gasteiger partial charge on any atom is -0.481 e. The molecule has 0 aromatic heterocycles. The molecule has 1 fully saturated rings. The Kier molecular flexibility index (Phi) is 5.59. The number of amides is 1. The number of carbonyl (C=O) groups excluding carboxylic acids is 1. The summed E-state index contributed by atoms with van der Waals surface area (Å²) in [5.41, 5.74) is 4.74. The molecule has 3 N–H and O–H groups in total. The minimum absolute atomic E-state index is 0.152. The summed E-state index contributed by atoms with van der Waals surface area (Å²) < 4.78 is 0. The van der Waals surface area contributed by atoms with Crippen molar-refractivity contribution in [3.63, 3.8) is 0 Å². The van der Waals surface area contributed by atoms with Crippen LogP contribution >= 0.6 is 0 Å². The number of carbonyl (C=O) groups is 2. The molecule has 1 rings (SSSR count). The fourth-order valence-electron chi connectivity index (χ4n) is 2.22. The van der Waals surface area contributed by atoms with E-state index >= 15 is 0 Å². The quantitative estimate of drug-likeness (QED) is 0.700. The Labute approximate surface area is 108 Å². The Hall–Kier alpha value is -1.10. The van der Waals surface area contributed by atoms with Crippen molar-refractivity contribution in [1.82, 2.24) is 4.90 Å². The molecule has 0 atom stereocenters.